The van der Waals surface area contributed by atoms with Gasteiger partial charge in [-0.1, -0.05) is 60.7 Å². The molecule has 32 heavy (non-hydrogen) atoms. The van der Waals surface area contributed by atoms with Gasteiger partial charge in [0.15, 0.2) is 5.69 Å². The van der Waals surface area contributed by atoms with Crippen LogP contribution in [-0.4, -0.2) is 28.1 Å². The smallest absolute Gasteiger partial charge is 0.278 e. The summed E-state index contributed by atoms with van der Waals surface area (Å²) >= 11 is 0. The lowest BCUT2D eigenvalue weighted by Crippen LogP contribution is -2.32. The molecule has 6 nitrogen and oxygen atoms in total. The second kappa shape index (κ2) is 8.51. The lowest BCUT2D eigenvalue weighted by atomic mass is 10.1. The van der Waals surface area contributed by atoms with Gasteiger partial charge in [0.2, 0.25) is 5.91 Å². The number of carbonyl (C=O) groups is 2. The average molecular weight is 422 g/mol. The Morgan fingerprint density at radius 1 is 0.812 bits per heavy atom. The number of fused-ring (bicyclic) bond motifs is 1. The summed E-state index contributed by atoms with van der Waals surface area (Å²) in [6, 6.07) is 28.8. The van der Waals surface area contributed by atoms with Crippen LogP contribution in [0.1, 0.15) is 22.5 Å². The van der Waals surface area contributed by atoms with Gasteiger partial charge < -0.3 is 9.80 Å². The van der Waals surface area contributed by atoms with Crippen molar-refractivity contribution in [1.82, 2.24) is 9.78 Å². The van der Waals surface area contributed by atoms with E-state index in [-0.39, 0.29) is 18.2 Å². The van der Waals surface area contributed by atoms with Crippen LogP contribution in [-0.2, 0) is 11.3 Å². The maximum Gasteiger partial charge on any atom is 0.278 e. The molecule has 0 unspecified atom stereocenters. The van der Waals surface area contributed by atoms with E-state index >= 15 is 0 Å². The number of hydrogen-bond donors (Lipinski definition) is 0. The lowest BCUT2D eigenvalue weighted by Gasteiger charge is -2.25. The average Bonchev–Trinajstić information content (AvgIpc) is 3.30. The van der Waals surface area contributed by atoms with Crippen LogP contribution in [0.3, 0.4) is 0 Å². The molecule has 0 N–H and O–H groups in total. The quantitative estimate of drug-likeness (QED) is 0.488. The van der Waals surface area contributed by atoms with Gasteiger partial charge in [-0.3, -0.25) is 9.59 Å². The number of amides is 2. The Kier molecular flexibility index (Phi) is 5.25. The molecule has 0 fully saturated rings. The van der Waals surface area contributed by atoms with Gasteiger partial charge in [-0.25, -0.2) is 4.68 Å². The van der Waals surface area contributed by atoms with E-state index in [0.29, 0.717) is 24.5 Å². The largest absolute Gasteiger partial charge is 0.306 e. The van der Waals surface area contributed by atoms with Crippen molar-refractivity contribution in [2.24, 2.45) is 0 Å². The highest BCUT2D eigenvalue weighted by atomic mass is 16.2. The Labute approximate surface area is 186 Å². The minimum Gasteiger partial charge on any atom is -0.306 e. The van der Waals surface area contributed by atoms with E-state index in [1.807, 2.05) is 84.9 Å². The third-order valence-corrected chi connectivity index (χ3v) is 5.57. The summed E-state index contributed by atoms with van der Waals surface area (Å²) in [5.74, 6) is -0.229. The van der Waals surface area contributed by atoms with Crippen LogP contribution in [0, 0.1) is 0 Å². The lowest BCUT2D eigenvalue weighted by molar-refractivity contribution is -0.118. The molecule has 1 aromatic heterocycles. The molecule has 3 aromatic carbocycles. The summed E-state index contributed by atoms with van der Waals surface area (Å²) in [6.45, 7) is 0.763. The van der Waals surface area contributed by atoms with Gasteiger partial charge in [0.25, 0.3) is 5.91 Å². The summed E-state index contributed by atoms with van der Waals surface area (Å²) in [7, 11) is 0. The van der Waals surface area contributed by atoms with Gasteiger partial charge in [-0.15, -0.1) is 0 Å². The molecule has 0 saturated carbocycles. The second-order valence-electron chi connectivity index (χ2n) is 7.64. The van der Waals surface area contributed by atoms with Crippen LogP contribution in [0.15, 0.2) is 97.2 Å². The van der Waals surface area contributed by atoms with E-state index in [1.54, 1.807) is 26.7 Å². The van der Waals surface area contributed by atoms with Crippen molar-refractivity contribution in [2.75, 3.05) is 16.3 Å². The number of aromatic nitrogens is 2. The zero-order valence-electron chi connectivity index (χ0n) is 17.5. The normalized spacial score (nSPS) is 13.6. The van der Waals surface area contributed by atoms with E-state index in [1.165, 1.54) is 0 Å². The maximum absolute atomic E-state index is 13.5. The third kappa shape index (κ3) is 3.78. The molecule has 1 aliphatic rings. The van der Waals surface area contributed by atoms with Gasteiger partial charge in [-0.2, -0.15) is 5.10 Å². The number of carbonyl (C=O) groups excluding carboxylic acids is 2. The first-order valence-electron chi connectivity index (χ1n) is 10.6. The maximum atomic E-state index is 13.5. The summed E-state index contributed by atoms with van der Waals surface area (Å²) in [5, 5.41) is 4.49. The van der Waals surface area contributed by atoms with E-state index < -0.39 is 0 Å². The van der Waals surface area contributed by atoms with Crippen LogP contribution >= 0.6 is 0 Å². The highest BCUT2D eigenvalue weighted by Gasteiger charge is 2.30. The van der Waals surface area contributed by atoms with Gasteiger partial charge in [-0.05, 0) is 35.9 Å². The molecule has 6 heteroatoms. The minimum absolute atomic E-state index is 0.00795. The molecule has 2 amide bonds. The van der Waals surface area contributed by atoms with Crippen LogP contribution in [0.5, 0.6) is 0 Å². The standard InChI is InChI=1S/C26H22N4O2/c31-25-16-17-28(26(32)22-15-18-30(27-22)21-11-5-2-6-12-21)23-13-7-8-14-24(23)29(25)19-20-9-3-1-4-10-20/h1-15,18H,16-17,19H2. The number of benzene rings is 3. The second-order valence-corrected chi connectivity index (χ2v) is 7.64. The van der Waals surface area contributed by atoms with Crippen molar-refractivity contribution in [3.8, 4) is 5.69 Å². The van der Waals surface area contributed by atoms with Crippen molar-refractivity contribution < 1.29 is 9.59 Å². The SMILES string of the molecule is O=C1CCN(C(=O)c2ccn(-c3ccccc3)n2)c2ccccc2N1Cc1ccccc1. The molecule has 0 spiro atoms. The molecule has 4 aromatic rings. The molecule has 158 valence electrons. The zero-order chi connectivity index (χ0) is 21.9. The van der Waals surface area contributed by atoms with Crippen molar-refractivity contribution in [3.05, 3.63) is 108 Å². The Balaban J connectivity index is 1.48. The first-order chi connectivity index (χ1) is 15.7. The summed E-state index contributed by atoms with van der Waals surface area (Å²) in [4.78, 5) is 29.9. The molecule has 0 atom stereocenters. The number of rotatable bonds is 4. The Hall–Kier alpha value is -4.19. The fourth-order valence-electron chi connectivity index (χ4n) is 3.97. The minimum atomic E-state index is -0.221. The molecule has 0 aliphatic carbocycles. The molecule has 5 rings (SSSR count). The van der Waals surface area contributed by atoms with E-state index in [2.05, 4.69) is 5.10 Å². The highest BCUT2D eigenvalue weighted by Crippen LogP contribution is 2.34. The van der Waals surface area contributed by atoms with Crippen LogP contribution in [0.25, 0.3) is 5.69 Å². The Morgan fingerprint density at radius 2 is 1.47 bits per heavy atom. The number of anilines is 2. The Bertz CT molecular complexity index is 1250. The fraction of sp³-hybridized carbons (Fsp3) is 0.115. The monoisotopic (exact) mass is 422 g/mol. The molecular formula is C26H22N4O2. The molecular weight excluding hydrogens is 400 g/mol. The van der Waals surface area contributed by atoms with E-state index in [9.17, 15) is 9.59 Å². The van der Waals surface area contributed by atoms with Gasteiger partial charge in [0.05, 0.1) is 23.6 Å². The van der Waals surface area contributed by atoms with Gasteiger partial charge >= 0.3 is 0 Å². The van der Waals surface area contributed by atoms with Gasteiger partial charge in [0.1, 0.15) is 0 Å². The number of nitrogens with zero attached hydrogens (tertiary/aromatic N) is 4. The van der Waals surface area contributed by atoms with Crippen molar-refractivity contribution >= 4 is 23.2 Å². The molecule has 0 radical (unpaired) electrons. The van der Waals surface area contributed by atoms with Crippen molar-refractivity contribution in [2.45, 2.75) is 13.0 Å². The fourth-order valence-corrected chi connectivity index (χ4v) is 3.97. The molecule has 0 bridgehead atoms. The summed E-state index contributed by atoms with van der Waals surface area (Å²) in [6.07, 6.45) is 2.02. The van der Waals surface area contributed by atoms with Crippen molar-refractivity contribution in [1.29, 1.82) is 0 Å². The van der Waals surface area contributed by atoms with E-state index in [0.717, 1.165) is 16.9 Å². The highest BCUT2D eigenvalue weighted by molar-refractivity contribution is 6.10. The first-order valence-corrected chi connectivity index (χ1v) is 10.6. The molecule has 1 aliphatic heterocycles. The molecule has 2 heterocycles. The van der Waals surface area contributed by atoms with Crippen molar-refractivity contribution in [3.63, 3.8) is 0 Å². The van der Waals surface area contributed by atoms with E-state index in [4.69, 9.17) is 0 Å². The zero-order valence-corrected chi connectivity index (χ0v) is 17.5. The number of hydrogen-bond acceptors (Lipinski definition) is 3. The third-order valence-electron chi connectivity index (χ3n) is 5.57. The van der Waals surface area contributed by atoms with Gasteiger partial charge in [0, 0.05) is 19.2 Å². The Morgan fingerprint density at radius 3 is 2.22 bits per heavy atom. The van der Waals surface area contributed by atoms with Crippen LogP contribution in [0.2, 0.25) is 0 Å². The summed E-state index contributed by atoms with van der Waals surface area (Å²) in [5.41, 5.74) is 3.71. The van der Waals surface area contributed by atoms with Crippen LogP contribution < -0.4 is 9.80 Å². The number of para-hydroxylation sites is 3. The topological polar surface area (TPSA) is 58.4 Å². The predicted molar refractivity (Wildman–Crippen MR) is 124 cm³/mol. The first kappa shape index (κ1) is 19.8. The predicted octanol–water partition coefficient (Wildman–Crippen LogP) is 4.46. The van der Waals surface area contributed by atoms with Crippen LogP contribution in [0.4, 0.5) is 11.4 Å². The summed E-state index contributed by atoms with van der Waals surface area (Å²) < 4.78 is 1.68. The molecule has 0 saturated heterocycles.